The fourth-order valence-corrected chi connectivity index (χ4v) is 5.90. The number of likely N-dealkylation sites (tertiary alicyclic amines) is 1. The SMILES string of the molecule is Cc1ccccc1CN1CCCc2cc(OCCC3CCN(Cc4ccccc4Cl)CC3)ccc2C1.Cl.Cl. The first kappa shape index (κ1) is 30.8. The number of benzene rings is 3. The van der Waals surface area contributed by atoms with Crippen molar-refractivity contribution in [2.24, 2.45) is 5.92 Å². The van der Waals surface area contributed by atoms with Gasteiger partial charge in [-0.3, -0.25) is 9.80 Å². The molecule has 0 atom stereocenters. The van der Waals surface area contributed by atoms with E-state index in [-0.39, 0.29) is 24.8 Å². The number of aryl methyl sites for hydroxylation is 2. The van der Waals surface area contributed by atoms with E-state index in [1.807, 2.05) is 12.1 Å². The Morgan fingerprint density at radius 2 is 1.53 bits per heavy atom. The quantitative estimate of drug-likeness (QED) is 0.270. The molecule has 206 valence electrons. The van der Waals surface area contributed by atoms with Gasteiger partial charge in [0, 0.05) is 24.7 Å². The second-order valence-corrected chi connectivity index (χ2v) is 11.0. The molecule has 5 rings (SSSR count). The Hall–Kier alpha value is -1.75. The fraction of sp³-hybridized carbons (Fsp3) is 0.438. The lowest BCUT2D eigenvalue weighted by atomic mass is 9.93. The second-order valence-electron chi connectivity index (χ2n) is 10.6. The summed E-state index contributed by atoms with van der Waals surface area (Å²) in [6.07, 6.45) is 5.97. The highest BCUT2D eigenvalue weighted by atomic mass is 35.5. The van der Waals surface area contributed by atoms with E-state index in [0.29, 0.717) is 0 Å². The molecule has 2 heterocycles. The van der Waals surface area contributed by atoms with Crippen LogP contribution in [0, 0.1) is 12.8 Å². The molecule has 2 aliphatic heterocycles. The zero-order chi connectivity index (χ0) is 24.7. The monoisotopic (exact) mass is 574 g/mol. The van der Waals surface area contributed by atoms with E-state index < -0.39 is 0 Å². The van der Waals surface area contributed by atoms with Gasteiger partial charge in [-0.1, -0.05) is 60.1 Å². The summed E-state index contributed by atoms with van der Waals surface area (Å²) in [5.74, 6) is 1.79. The Morgan fingerprint density at radius 1 is 0.816 bits per heavy atom. The molecule has 1 saturated heterocycles. The predicted molar refractivity (Wildman–Crippen MR) is 164 cm³/mol. The summed E-state index contributed by atoms with van der Waals surface area (Å²) in [7, 11) is 0. The van der Waals surface area contributed by atoms with E-state index in [1.165, 1.54) is 47.1 Å². The van der Waals surface area contributed by atoms with Crippen molar-refractivity contribution in [3.8, 4) is 5.75 Å². The van der Waals surface area contributed by atoms with Gasteiger partial charge in [-0.2, -0.15) is 0 Å². The average Bonchev–Trinajstić information content (AvgIpc) is 3.09. The highest BCUT2D eigenvalue weighted by molar-refractivity contribution is 6.31. The summed E-state index contributed by atoms with van der Waals surface area (Å²) < 4.78 is 6.25. The van der Waals surface area contributed by atoms with Crippen molar-refractivity contribution in [1.82, 2.24) is 9.80 Å². The Bertz CT molecular complexity index is 1150. The summed E-state index contributed by atoms with van der Waals surface area (Å²) in [6, 6.07) is 23.8. The van der Waals surface area contributed by atoms with E-state index in [2.05, 4.69) is 71.3 Å². The highest BCUT2D eigenvalue weighted by Crippen LogP contribution is 2.27. The van der Waals surface area contributed by atoms with Crippen molar-refractivity contribution >= 4 is 36.4 Å². The summed E-state index contributed by atoms with van der Waals surface area (Å²) in [5, 5.41) is 0.882. The van der Waals surface area contributed by atoms with Crippen LogP contribution in [0.1, 0.15) is 53.5 Å². The maximum absolute atomic E-state index is 6.35. The smallest absolute Gasteiger partial charge is 0.119 e. The number of ether oxygens (including phenoxy) is 1. The molecular formula is C32H41Cl3N2O. The topological polar surface area (TPSA) is 15.7 Å². The first-order chi connectivity index (χ1) is 17.6. The molecule has 3 aromatic carbocycles. The zero-order valence-corrected chi connectivity index (χ0v) is 24.8. The molecule has 0 radical (unpaired) electrons. The molecule has 0 saturated carbocycles. The van der Waals surface area contributed by atoms with Crippen LogP contribution in [0.15, 0.2) is 66.7 Å². The number of fused-ring (bicyclic) bond motifs is 1. The van der Waals surface area contributed by atoms with Crippen molar-refractivity contribution < 1.29 is 4.74 Å². The van der Waals surface area contributed by atoms with Gasteiger partial charge >= 0.3 is 0 Å². The van der Waals surface area contributed by atoms with Gasteiger partial charge in [0.2, 0.25) is 0 Å². The van der Waals surface area contributed by atoms with Gasteiger partial charge in [-0.25, -0.2) is 0 Å². The largest absolute Gasteiger partial charge is 0.494 e. The molecule has 2 aliphatic rings. The van der Waals surface area contributed by atoms with E-state index in [0.717, 1.165) is 75.4 Å². The lowest BCUT2D eigenvalue weighted by molar-refractivity contribution is 0.157. The summed E-state index contributed by atoms with van der Waals surface area (Å²) in [5.41, 5.74) is 6.99. The van der Waals surface area contributed by atoms with Crippen LogP contribution < -0.4 is 4.74 Å². The Labute approximate surface area is 246 Å². The molecule has 0 spiro atoms. The minimum atomic E-state index is 0. The van der Waals surface area contributed by atoms with Crippen molar-refractivity contribution in [2.75, 3.05) is 26.2 Å². The van der Waals surface area contributed by atoms with Crippen molar-refractivity contribution in [3.63, 3.8) is 0 Å². The Morgan fingerprint density at radius 3 is 2.29 bits per heavy atom. The maximum atomic E-state index is 6.35. The zero-order valence-electron chi connectivity index (χ0n) is 22.4. The third kappa shape index (κ3) is 8.37. The van der Waals surface area contributed by atoms with Gasteiger partial charge < -0.3 is 4.74 Å². The lowest BCUT2D eigenvalue weighted by Crippen LogP contribution is -2.33. The molecule has 0 amide bonds. The van der Waals surface area contributed by atoms with E-state index in [9.17, 15) is 0 Å². The van der Waals surface area contributed by atoms with Crippen LogP contribution in [0.5, 0.6) is 5.75 Å². The molecule has 0 N–H and O–H groups in total. The number of rotatable bonds is 8. The number of hydrogen-bond acceptors (Lipinski definition) is 3. The molecule has 0 aliphatic carbocycles. The molecule has 38 heavy (non-hydrogen) atoms. The maximum Gasteiger partial charge on any atom is 0.119 e. The third-order valence-electron chi connectivity index (χ3n) is 8.00. The predicted octanol–water partition coefficient (Wildman–Crippen LogP) is 8.12. The van der Waals surface area contributed by atoms with Crippen LogP contribution in [0.3, 0.4) is 0 Å². The van der Waals surface area contributed by atoms with E-state index >= 15 is 0 Å². The van der Waals surface area contributed by atoms with Crippen LogP contribution >= 0.6 is 36.4 Å². The van der Waals surface area contributed by atoms with Crippen LogP contribution in [0.4, 0.5) is 0 Å². The van der Waals surface area contributed by atoms with Crippen molar-refractivity contribution in [3.05, 3.63) is 99.6 Å². The minimum Gasteiger partial charge on any atom is -0.494 e. The lowest BCUT2D eigenvalue weighted by Gasteiger charge is -2.32. The van der Waals surface area contributed by atoms with E-state index in [4.69, 9.17) is 16.3 Å². The summed E-state index contributed by atoms with van der Waals surface area (Å²) >= 11 is 6.35. The molecule has 1 fully saturated rings. The summed E-state index contributed by atoms with van der Waals surface area (Å²) in [6.45, 7) is 9.48. The normalized spacial score (nSPS) is 16.6. The number of piperidine rings is 1. The van der Waals surface area contributed by atoms with Gasteiger partial charge in [-0.15, -0.1) is 24.8 Å². The molecule has 0 unspecified atom stereocenters. The van der Waals surface area contributed by atoms with Crippen molar-refractivity contribution in [1.29, 1.82) is 0 Å². The molecule has 3 nitrogen and oxygen atoms in total. The van der Waals surface area contributed by atoms with Gasteiger partial charge in [0.25, 0.3) is 0 Å². The van der Waals surface area contributed by atoms with Gasteiger partial charge in [-0.05, 0) is 111 Å². The van der Waals surface area contributed by atoms with Gasteiger partial charge in [0.15, 0.2) is 0 Å². The summed E-state index contributed by atoms with van der Waals surface area (Å²) in [4.78, 5) is 5.13. The van der Waals surface area contributed by atoms with Crippen LogP contribution in [-0.4, -0.2) is 36.0 Å². The third-order valence-corrected chi connectivity index (χ3v) is 8.37. The number of halogens is 3. The van der Waals surface area contributed by atoms with Crippen LogP contribution in [-0.2, 0) is 26.1 Å². The average molecular weight is 576 g/mol. The molecule has 0 aromatic heterocycles. The molecule has 3 aromatic rings. The Balaban J connectivity index is 0.00000200. The number of nitrogens with zero attached hydrogens (tertiary/aromatic N) is 2. The van der Waals surface area contributed by atoms with Gasteiger partial charge in [0.05, 0.1) is 6.61 Å². The first-order valence-electron chi connectivity index (χ1n) is 13.6. The fourth-order valence-electron chi connectivity index (χ4n) is 5.70. The standard InChI is InChI=1S/C32H39ClN2O.2ClH/c1-25-7-2-3-8-28(25)22-35-17-6-10-27-21-31(13-12-29(27)23-35)36-20-16-26-14-18-34(19-15-26)24-30-9-4-5-11-32(30)33;;/h2-5,7-9,11-13,21,26H,6,10,14-20,22-24H2,1H3;2*1H. The molecule has 0 bridgehead atoms. The minimum absolute atomic E-state index is 0. The van der Waals surface area contributed by atoms with Crippen LogP contribution in [0.25, 0.3) is 0 Å². The first-order valence-corrected chi connectivity index (χ1v) is 14.0. The van der Waals surface area contributed by atoms with E-state index in [1.54, 1.807) is 0 Å². The van der Waals surface area contributed by atoms with Crippen LogP contribution in [0.2, 0.25) is 5.02 Å². The highest BCUT2D eigenvalue weighted by Gasteiger charge is 2.20. The molecule has 6 heteroatoms. The Kier molecular flexibility index (Phi) is 12.3. The number of hydrogen-bond donors (Lipinski definition) is 0. The molecular weight excluding hydrogens is 535 g/mol. The second kappa shape index (κ2) is 15.1. The van der Waals surface area contributed by atoms with Gasteiger partial charge in [0.1, 0.15) is 5.75 Å². The van der Waals surface area contributed by atoms with Crippen molar-refractivity contribution in [2.45, 2.75) is 58.7 Å².